The number of hydrogen-bond acceptors (Lipinski definition) is 5. The number of nitrogens with one attached hydrogen (secondary N) is 1. The molecule has 0 aliphatic rings. The zero-order chi connectivity index (χ0) is 14.2. The highest BCUT2D eigenvalue weighted by atomic mass is 35.5. The van der Waals surface area contributed by atoms with Gasteiger partial charge >= 0.3 is 0 Å². The van der Waals surface area contributed by atoms with Gasteiger partial charge in [0.1, 0.15) is 9.84 Å². The third kappa shape index (κ3) is 10.1. The first kappa shape index (κ1) is 20.9. The van der Waals surface area contributed by atoms with Crippen molar-refractivity contribution in [2.75, 3.05) is 45.4 Å². The minimum Gasteiger partial charge on any atom is -0.383 e. The molecule has 0 saturated carbocycles. The summed E-state index contributed by atoms with van der Waals surface area (Å²) < 4.78 is 27.3. The van der Waals surface area contributed by atoms with Crippen LogP contribution in [0.2, 0.25) is 0 Å². The number of carbonyl (C=O) groups excluding carboxylic acids is 1. The number of hydrogen-bond donors (Lipinski definition) is 1. The first-order valence-corrected chi connectivity index (χ1v) is 8.04. The van der Waals surface area contributed by atoms with E-state index in [-0.39, 0.29) is 36.7 Å². The fourth-order valence-electron chi connectivity index (χ4n) is 1.73. The van der Waals surface area contributed by atoms with Crippen molar-refractivity contribution in [1.29, 1.82) is 0 Å². The van der Waals surface area contributed by atoms with Crippen molar-refractivity contribution < 1.29 is 17.9 Å². The molecule has 6 nitrogen and oxygen atoms in total. The van der Waals surface area contributed by atoms with Crippen LogP contribution in [0.1, 0.15) is 13.8 Å². The van der Waals surface area contributed by atoms with Crippen LogP contribution in [0.15, 0.2) is 0 Å². The van der Waals surface area contributed by atoms with Gasteiger partial charge in [0, 0.05) is 32.5 Å². The summed E-state index contributed by atoms with van der Waals surface area (Å²) in [6.07, 6.45) is 1.18. The van der Waals surface area contributed by atoms with E-state index in [9.17, 15) is 13.2 Å². The summed E-state index contributed by atoms with van der Waals surface area (Å²) in [5, 5.41) is 2.95. The normalized spacial score (nSPS) is 12.6. The second-order valence-electron chi connectivity index (χ2n) is 4.29. The minimum absolute atomic E-state index is 0. The summed E-state index contributed by atoms with van der Waals surface area (Å²) in [6, 6.07) is -0.304. The molecule has 0 radical (unpaired) electrons. The quantitative estimate of drug-likeness (QED) is 0.602. The monoisotopic (exact) mass is 316 g/mol. The SMILES string of the molecule is CCN(C(=O)CNCCOC)C(C)CS(C)(=O)=O.Cl. The van der Waals surface area contributed by atoms with E-state index in [1.165, 1.54) is 6.26 Å². The van der Waals surface area contributed by atoms with Crippen LogP contribution in [0.4, 0.5) is 0 Å². The van der Waals surface area contributed by atoms with Crippen LogP contribution < -0.4 is 5.32 Å². The molecule has 1 amide bonds. The minimum atomic E-state index is -3.08. The summed E-state index contributed by atoms with van der Waals surface area (Å²) in [7, 11) is -1.48. The van der Waals surface area contributed by atoms with Gasteiger partial charge in [-0.2, -0.15) is 0 Å². The van der Waals surface area contributed by atoms with E-state index >= 15 is 0 Å². The number of ether oxygens (including phenoxy) is 1. The Balaban J connectivity index is 0. The van der Waals surface area contributed by atoms with Gasteiger partial charge in [0.05, 0.1) is 18.9 Å². The molecule has 1 unspecified atom stereocenters. The molecule has 0 spiro atoms. The molecule has 0 saturated heterocycles. The summed E-state index contributed by atoms with van der Waals surface area (Å²) >= 11 is 0. The van der Waals surface area contributed by atoms with Crippen LogP contribution >= 0.6 is 12.4 Å². The lowest BCUT2D eigenvalue weighted by molar-refractivity contribution is -0.131. The number of likely N-dealkylation sites (N-methyl/N-ethyl adjacent to an activating group) is 1. The predicted octanol–water partition coefficient (Wildman–Crippen LogP) is -0.0742. The van der Waals surface area contributed by atoms with E-state index in [2.05, 4.69) is 5.32 Å². The maximum atomic E-state index is 11.9. The smallest absolute Gasteiger partial charge is 0.236 e. The lowest BCUT2D eigenvalue weighted by atomic mass is 10.3. The lowest BCUT2D eigenvalue weighted by Gasteiger charge is -2.27. The molecule has 0 fully saturated rings. The van der Waals surface area contributed by atoms with Crippen molar-refractivity contribution in [3.8, 4) is 0 Å². The Bertz CT molecular complexity index is 349. The van der Waals surface area contributed by atoms with Crippen LogP contribution in [0.5, 0.6) is 0 Å². The molecule has 0 rings (SSSR count). The highest BCUT2D eigenvalue weighted by Gasteiger charge is 2.21. The average molecular weight is 317 g/mol. The van der Waals surface area contributed by atoms with Gasteiger partial charge in [-0.1, -0.05) is 0 Å². The van der Waals surface area contributed by atoms with Gasteiger partial charge in [0.25, 0.3) is 0 Å². The number of methoxy groups -OCH3 is 1. The Morgan fingerprint density at radius 1 is 1.42 bits per heavy atom. The second-order valence-corrected chi connectivity index (χ2v) is 6.48. The van der Waals surface area contributed by atoms with E-state index < -0.39 is 9.84 Å². The van der Waals surface area contributed by atoms with Crippen molar-refractivity contribution in [2.45, 2.75) is 19.9 Å². The van der Waals surface area contributed by atoms with Crippen molar-refractivity contribution in [2.24, 2.45) is 0 Å². The first-order chi connectivity index (χ1) is 8.31. The molecule has 0 aliphatic carbocycles. The molecule has 0 aromatic rings. The number of amides is 1. The van der Waals surface area contributed by atoms with Gasteiger partial charge in [-0.25, -0.2) is 8.42 Å². The molecular formula is C11H25ClN2O4S. The zero-order valence-electron chi connectivity index (χ0n) is 12.0. The number of rotatable bonds is 9. The molecule has 1 atom stereocenters. The molecular weight excluding hydrogens is 292 g/mol. The second kappa shape index (κ2) is 10.4. The van der Waals surface area contributed by atoms with Crippen molar-refractivity contribution in [1.82, 2.24) is 10.2 Å². The Morgan fingerprint density at radius 3 is 2.42 bits per heavy atom. The van der Waals surface area contributed by atoms with E-state index in [4.69, 9.17) is 4.74 Å². The van der Waals surface area contributed by atoms with Crippen LogP contribution in [-0.2, 0) is 19.4 Å². The highest BCUT2D eigenvalue weighted by Crippen LogP contribution is 2.02. The first-order valence-electron chi connectivity index (χ1n) is 5.98. The fraction of sp³-hybridized carbons (Fsp3) is 0.909. The van der Waals surface area contributed by atoms with Gasteiger partial charge in [0.2, 0.25) is 5.91 Å². The standard InChI is InChI=1S/C11H24N2O4S.ClH/c1-5-13(10(2)9-18(4,15)16)11(14)8-12-6-7-17-3;/h10,12H,5-9H2,1-4H3;1H. The summed E-state index contributed by atoms with van der Waals surface area (Å²) in [5.41, 5.74) is 0. The van der Waals surface area contributed by atoms with Crippen LogP contribution in [0.25, 0.3) is 0 Å². The Labute approximate surface area is 122 Å². The third-order valence-corrected chi connectivity index (χ3v) is 3.58. The molecule has 1 N–H and O–H groups in total. The lowest BCUT2D eigenvalue weighted by Crippen LogP contribution is -2.46. The largest absolute Gasteiger partial charge is 0.383 e. The van der Waals surface area contributed by atoms with E-state index in [0.29, 0.717) is 19.7 Å². The highest BCUT2D eigenvalue weighted by molar-refractivity contribution is 7.90. The van der Waals surface area contributed by atoms with Gasteiger partial charge in [0.15, 0.2) is 0 Å². The molecule has 19 heavy (non-hydrogen) atoms. The average Bonchev–Trinajstić information content (AvgIpc) is 2.23. The summed E-state index contributed by atoms with van der Waals surface area (Å²) in [5.74, 6) is -0.102. The fourth-order valence-corrected chi connectivity index (χ4v) is 2.79. The Kier molecular flexibility index (Phi) is 11.5. The van der Waals surface area contributed by atoms with Gasteiger partial charge in [-0.15, -0.1) is 12.4 Å². The molecule has 116 valence electrons. The van der Waals surface area contributed by atoms with Gasteiger partial charge < -0.3 is 15.0 Å². The number of nitrogens with zero attached hydrogens (tertiary/aromatic N) is 1. The molecule has 0 heterocycles. The molecule has 0 aromatic carbocycles. The van der Waals surface area contributed by atoms with E-state index in [0.717, 1.165) is 0 Å². The van der Waals surface area contributed by atoms with E-state index in [1.807, 2.05) is 6.92 Å². The maximum Gasteiger partial charge on any atom is 0.236 e. The zero-order valence-corrected chi connectivity index (χ0v) is 13.6. The van der Waals surface area contributed by atoms with Crippen molar-refractivity contribution in [3.05, 3.63) is 0 Å². The van der Waals surface area contributed by atoms with Gasteiger partial charge in [-0.05, 0) is 13.8 Å². The topological polar surface area (TPSA) is 75.7 Å². The van der Waals surface area contributed by atoms with Crippen molar-refractivity contribution >= 4 is 28.2 Å². The van der Waals surface area contributed by atoms with Crippen LogP contribution in [0.3, 0.4) is 0 Å². The third-order valence-electron chi connectivity index (χ3n) is 2.50. The van der Waals surface area contributed by atoms with Crippen LogP contribution in [-0.4, -0.2) is 70.6 Å². The van der Waals surface area contributed by atoms with E-state index in [1.54, 1.807) is 18.9 Å². The van der Waals surface area contributed by atoms with Crippen LogP contribution in [0, 0.1) is 0 Å². The Morgan fingerprint density at radius 2 is 2.00 bits per heavy atom. The number of sulfone groups is 1. The molecule has 8 heteroatoms. The predicted molar refractivity (Wildman–Crippen MR) is 78.6 cm³/mol. The number of carbonyl (C=O) groups is 1. The maximum absolute atomic E-state index is 11.9. The summed E-state index contributed by atoms with van der Waals surface area (Å²) in [4.78, 5) is 13.5. The molecule has 0 aliphatic heterocycles. The van der Waals surface area contributed by atoms with Crippen molar-refractivity contribution in [3.63, 3.8) is 0 Å². The Hall–Kier alpha value is -0.370. The number of halogens is 1. The molecule has 0 aromatic heterocycles. The van der Waals surface area contributed by atoms with Gasteiger partial charge in [-0.3, -0.25) is 4.79 Å². The molecule has 0 bridgehead atoms. The summed E-state index contributed by atoms with van der Waals surface area (Å²) in [6.45, 7) is 5.43.